The fraction of sp³-hybridized carbons (Fsp3) is 0.0909. The van der Waals surface area contributed by atoms with Gasteiger partial charge in [0, 0.05) is 34.5 Å². The lowest BCUT2D eigenvalue weighted by atomic mass is 9.82. The highest BCUT2D eigenvalue weighted by Gasteiger charge is 2.34. The third-order valence-corrected chi connectivity index (χ3v) is 5.26. The van der Waals surface area contributed by atoms with Gasteiger partial charge in [-0.3, -0.25) is 9.59 Å². The monoisotopic (exact) mass is 341 g/mol. The Hall–Kier alpha value is -3.40. The van der Waals surface area contributed by atoms with E-state index < -0.39 is 0 Å². The van der Waals surface area contributed by atoms with Crippen LogP contribution in [0.5, 0.6) is 5.75 Å². The van der Waals surface area contributed by atoms with Crippen molar-refractivity contribution in [2.45, 2.75) is 0 Å². The molecule has 0 radical (unpaired) electrons. The first-order valence-corrected chi connectivity index (χ1v) is 8.40. The van der Waals surface area contributed by atoms with Crippen LogP contribution in [0.15, 0.2) is 54.6 Å². The van der Waals surface area contributed by atoms with E-state index in [9.17, 15) is 9.59 Å². The van der Waals surface area contributed by atoms with Crippen LogP contribution in [0.1, 0.15) is 31.8 Å². The Morgan fingerprint density at radius 1 is 0.769 bits per heavy atom. The number of methoxy groups -OCH3 is 1. The Morgan fingerprint density at radius 2 is 1.50 bits per heavy atom. The Bertz CT molecular complexity index is 1260. The van der Waals surface area contributed by atoms with Crippen LogP contribution in [0.2, 0.25) is 0 Å². The van der Waals surface area contributed by atoms with Crippen molar-refractivity contribution in [2.75, 3.05) is 7.11 Å². The van der Waals surface area contributed by atoms with E-state index in [1.165, 1.54) is 7.11 Å². The number of carbonyl (C=O) groups is 2. The van der Waals surface area contributed by atoms with E-state index in [-0.39, 0.29) is 11.6 Å². The van der Waals surface area contributed by atoms with Gasteiger partial charge in [0.1, 0.15) is 5.75 Å². The smallest absolute Gasteiger partial charge is 0.198 e. The standard InChI is InChI=1S/C22H15NO3/c1-23-16-8-4-3-6-12(16)13-10-11-15-19(20(13)23)22(25)14-7-5-9-17(26-2)18(14)21(15)24/h3-11H,1-2H3. The Morgan fingerprint density at radius 3 is 2.31 bits per heavy atom. The molecule has 0 atom stereocenters. The number of hydrogen-bond donors (Lipinski definition) is 0. The summed E-state index contributed by atoms with van der Waals surface area (Å²) in [5, 5.41) is 2.05. The lowest BCUT2D eigenvalue weighted by Crippen LogP contribution is -2.22. The number of ether oxygens (including phenoxy) is 1. The number of hydrogen-bond acceptors (Lipinski definition) is 3. The Labute approximate surface area is 149 Å². The van der Waals surface area contributed by atoms with Gasteiger partial charge >= 0.3 is 0 Å². The normalized spacial score (nSPS) is 13.2. The second-order valence-corrected chi connectivity index (χ2v) is 6.50. The SMILES string of the molecule is COc1cccc2c1C(=O)c1ccc3c4ccccc4n(C)c3c1C2=O. The van der Waals surface area contributed by atoms with Crippen molar-refractivity contribution >= 4 is 33.4 Å². The quantitative estimate of drug-likeness (QED) is 0.461. The third-order valence-electron chi connectivity index (χ3n) is 5.26. The first-order chi connectivity index (χ1) is 12.6. The maximum absolute atomic E-state index is 13.3. The number of benzene rings is 3. The highest BCUT2D eigenvalue weighted by Crippen LogP contribution is 2.39. The number of rotatable bonds is 1. The molecule has 1 aliphatic carbocycles. The summed E-state index contributed by atoms with van der Waals surface area (Å²) in [6, 6.07) is 16.9. The van der Waals surface area contributed by atoms with Crippen molar-refractivity contribution in [3.8, 4) is 5.75 Å². The van der Waals surface area contributed by atoms with Crippen LogP contribution < -0.4 is 4.74 Å². The molecule has 1 heterocycles. The highest BCUT2D eigenvalue weighted by atomic mass is 16.5. The minimum Gasteiger partial charge on any atom is -0.496 e. The summed E-state index contributed by atoms with van der Waals surface area (Å²) in [5.41, 5.74) is 3.51. The molecule has 4 aromatic rings. The zero-order valence-corrected chi connectivity index (χ0v) is 14.4. The summed E-state index contributed by atoms with van der Waals surface area (Å²) in [7, 11) is 3.44. The van der Waals surface area contributed by atoms with Crippen molar-refractivity contribution in [1.29, 1.82) is 0 Å². The first kappa shape index (κ1) is 14.9. The van der Waals surface area contributed by atoms with Crippen molar-refractivity contribution in [2.24, 2.45) is 7.05 Å². The van der Waals surface area contributed by atoms with Gasteiger partial charge in [-0.2, -0.15) is 0 Å². The zero-order chi connectivity index (χ0) is 18.0. The molecule has 0 aliphatic heterocycles. The van der Waals surface area contributed by atoms with Crippen LogP contribution >= 0.6 is 0 Å². The molecule has 5 rings (SSSR count). The molecule has 0 N–H and O–H groups in total. The van der Waals surface area contributed by atoms with Gasteiger partial charge in [-0.25, -0.2) is 0 Å². The predicted octanol–water partition coefficient (Wildman–Crippen LogP) is 4.12. The molecule has 0 saturated carbocycles. The molecule has 4 heteroatoms. The van der Waals surface area contributed by atoms with E-state index in [2.05, 4.69) is 0 Å². The predicted molar refractivity (Wildman–Crippen MR) is 100 cm³/mol. The molecule has 3 aromatic carbocycles. The highest BCUT2D eigenvalue weighted by molar-refractivity contribution is 6.33. The van der Waals surface area contributed by atoms with Crippen molar-refractivity contribution in [3.05, 3.63) is 76.9 Å². The zero-order valence-electron chi connectivity index (χ0n) is 14.4. The molecule has 126 valence electrons. The van der Waals surface area contributed by atoms with Crippen molar-refractivity contribution in [3.63, 3.8) is 0 Å². The lowest BCUT2D eigenvalue weighted by Gasteiger charge is -2.20. The topological polar surface area (TPSA) is 48.3 Å². The van der Waals surface area contributed by atoms with Gasteiger partial charge in [0.05, 0.1) is 23.8 Å². The number of aryl methyl sites for hydroxylation is 1. The van der Waals surface area contributed by atoms with Crippen molar-refractivity contribution in [1.82, 2.24) is 4.57 Å². The minimum absolute atomic E-state index is 0.134. The number of nitrogens with zero attached hydrogens (tertiary/aromatic N) is 1. The maximum Gasteiger partial charge on any atom is 0.198 e. The lowest BCUT2D eigenvalue weighted by molar-refractivity contribution is 0.0977. The molecule has 1 aliphatic rings. The van der Waals surface area contributed by atoms with Gasteiger partial charge < -0.3 is 9.30 Å². The summed E-state index contributed by atoms with van der Waals surface area (Å²) >= 11 is 0. The number of fused-ring (bicyclic) bond motifs is 6. The van der Waals surface area contributed by atoms with Crippen molar-refractivity contribution < 1.29 is 14.3 Å². The first-order valence-electron chi connectivity index (χ1n) is 8.40. The van der Waals surface area contributed by atoms with E-state index in [1.807, 2.05) is 41.9 Å². The molecular weight excluding hydrogens is 326 g/mol. The molecule has 0 fully saturated rings. The second-order valence-electron chi connectivity index (χ2n) is 6.50. The average molecular weight is 341 g/mol. The van der Waals surface area contributed by atoms with E-state index in [4.69, 9.17) is 4.74 Å². The summed E-state index contributed by atoms with van der Waals surface area (Å²) in [6.45, 7) is 0. The van der Waals surface area contributed by atoms with Crippen LogP contribution in [0.3, 0.4) is 0 Å². The van der Waals surface area contributed by atoms with E-state index in [0.717, 1.165) is 21.8 Å². The van der Waals surface area contributed by atoms with Gasteiger partial charge in [-0.15, -0.1) is 0 Å². The van der Waals surface area contributed by atoms with E-state index in [0.29, 0.717) is 28.0 Å². The summed E-state index contributed by atoms with van der Waals surface area (Å²) in [5.74, 6) is 0.132. The third kappa shape index (κ3) is 1.68. The number of aromatic nitrogens is 1. The summed E-state index contributed by atoms with van der Waals surface area (Å²) < 4.78 is 7.33. The maximum atomic E-state index is 13.3. The molecule has 0 unspecified atom stereocenters. The Balaban J connectivity index is 1.94. The second kappa shape index (κ2) is 5.05. The molecule has 4 nitrogen and oxygen atoms in total. The average Bonchev–Trinajstić information content (AvgIpc) is 2.98. The van der Waals surface area contributed by atoms with Crippen LogP contribution in [0, 0.1) is 0 Å². The molecule has 26 heavy (non-hydrogen) atoms. The molecule has 0 amide bonds. The van der Waals surface area contributed by atoms with Gasteiger partial charge in [-0.1, -0.05) is 36.4 Å². The number of carbonyl (C=O) groups excluding carboxylic acids is 2. The fourth-order valence-corrected chi connectivity index (χ4v) is 4.08. The van der Waals surface area contributed by atoms with Crippen LogP contribution in [-0.2, 0) is 7.05 Å². The Kier molecular flexibility index (Phi) is 2.89. The van der Waals surface area contributed by atoms with Crippen LogP contribution in [0.25, 0.3) is 21.8 Å². The molecule has 0 bridgehead atoms. The minimum atomic E-state index is -0.167. The summed E-state index contributed by atoms with van der Waals surface area (Å²) in [6.07, 6.45) is 0. The number of ketones is 2. The molecule has 1 aromatic heterocycles. The molecular formula is C22H15NO3. The summed E-state index contributed by atoms with van der Waals surface area (Å²) in [4.78, 5) is 26.5. The molecule has 0 saturated heterocycles. The van der Waals surface area contributed by atoms with Crippen LogP contribution in [-0.4, -0.2) is 23.2 Å². The van der Waals surface area contributed by atoms with E-state index in [1.54, 1.807) is 24.3 Å². The van der Waals surface area contributed by atoms with Gasteiger partial charge in [0.25, 0.3) is 0 Å². The fourth-order valence-electron chi connectivity index (χ4n) is 4.08. The number of para-hydroxylation sites is 1. The van der Waals surface area contributed by atoms with Gasteiger partial charge in [0.15, 0.2) is 11.6 Å². The largest absolute Gasteiger partial charge is 0.496 e. The van der Waals surface area contributed by atoms with Gasteiger partial charge in [-0.05, 0) is 18.2 Å². The van der Waals surface area contributed by atoms with Gasteiger partial charge in [0.2, 0.25) is 0 Å². The van der Waals surface area contributed by atoms with Crippen LogP contribution in [0.4, 0.5) is 0 Å². The van der Waals surface area contributed by atoms with E-state index >= 15 is 0 Å². The molecule has 0 spiro atoms.